The van der Waals surface area contributed by atoms with Crippen LogP contribution in [-0.4, -0.2) is 166 Å². The van der Waals surface area contributed by atoms with E-state index in [1.807, 2.05) is 24.3 Å². The second-order valence-corrected chi connectivity index (χ2v) is 22.7. The van der Waals surface area contributed by atoms with E-state index in [1.54, 1.807) is 36.7 Å². The number of nitriles is 2. The van der Waals surface area contributed by atoms with Gasteiger partial charge in [0, 0.05) is 111 Å². The smallest absolute Gasteiger partial charge is 0.161 e. The Hall–Kier alpha value is -7.43. The highest BCUT2D eigenvalue weighted by molar-refractivity contribution is 7.91. The van der Waals surface area contributed by atoms with Crippen LogP contribution in [0, 0.1) is 22.7 Å². The van der Waals surface area contributed by atoms with Crippen molar-refractivity contribution in [3.8, 4) is 46.4 Å². The molecule has 0 amide bonds. The Morgan fingerprint density at radius 1 is 0.526 bits per heavy atom. The van der Waals surface area contributed by atoms with Crippen LogP contribution < -0.4 is 29.9 Å². The number of sulfone groups is 1. The summed E-state index contributed by atoms with van der Waals surface area (Å²) in [5.41, 5.74) is 6.64. The zero-order valence-electron chi connectivity index (χ0n) is 43.6. The Morgan fingerprint density at radius 2 is 0.949 bits per heavy atom. The normalized spacial score (nSPS) is 19.5. The van der Waals surface area contributed by atoms with Crippen LogP contribution in [0.25, 0.3) is 22.8 Å². The van der Waals surface area contributed by atoms with Crippen LogP contribution in [0.3, 0.4) is 0 Å². The van der Waals surface area contributed by atoms with E-state index in [9.17, 15) is 18.9 Å². The molecule has 19 nitrogen and oxygen atoms in total. The van der Waals surface area contributed by atoms with E-state index in [4.69, 9.17) is 28.7 Å². The monoisotopic (exact) mass is 1070 g/mol. The molecule has 2 N–H and O–H groups in total. The molecule has 6 aliphatic rings. The van der Waals surface area contributed by atoms with Crippen LogP contribution >= 0.6 is 0 Å². The third-order valence-electron chi connectivity index (χ3n) is 15.2. The number of benzene rings is 4. The zero-order chi connectivity index (χ0) is 53.3. The van der Waals surface area contributed by atoms with Gasteiger partial charge in [0.25, 0.3) is 0 Å². The molecule has 78 heavy (non-hydrogen) atoms. The predicted molar refractivity (Wildman–Crippen MR) is 297 cm³/mol. The van der Waals surface area contributed by atoms with Crippen molar-refractivity contribution < 1.29 is 32.1 Å². The Kier molecular flexibility index (Phi) is 16.5. The second-order valence-electron chi connectivity index (χ2n) is 20.3. The van der Waals surface area contributed by atoms with Crippen molar-refractivity contribution in [2.75, 3.05) is 124 Å². The summed E-state index contributed by atoms with van der Waals surface area (Å²) >= 11 is 0. The minimum atomic E-state index is -2.98. The van der Waals surface area contributed by atoms with E-state index >= 15 is 0 Å². The quantitative estimate of drug-likeness (QED) is 0.111. The van der Waals surface area contributed by atoms with Crippen molar-refractivity contribution in [3.05, 3.63) is 121 Å². The largest absolute Gasteiger partial charge is 0.489 e. The summed E-state index contributed by atoms with van der Waals surface area (Å²) in [5, 5.41) is 26.2. The maximum atomic E-state index is 11.7. The van der Waals surface area contributed by atoms with E-state index in [0.717, 1.165) is 109 Å². The van der Waals surface area contributed by atoms with E-state index in [-0.39, 0.29) is 23.7 Å². The minimum Gasteiger partial charge on any atom is -0.489 e. The minimum absolute atomic E-state index is 0.0731. The first kappa shape index (κ1) is 52.6. The highest BCUT2D eigenvalue weighted by atomic mass is 32.2. The standard InChI is InChI=1S/C29H32N6O4S.C29H32N6O3/c30-18-22-17-21(1-6-27(22)39-26-8-15-40(36,37)16-9-26)29-31-10-7-28(33-29)32-23-2-4-24(5-3-23)34-11-13-35(14-12-34)25-19-38-20-25;30-18-22-17-21(1-6-27(22)38-26-8-15-36-16-9-26)29-31-10-7-28(33-29)32-23-2-4-24(5-3-23)34-11-13-35(14-12-34)25-19-37-20-25/h1-7,10,17,25-26H,8-9,11-16,19-20H2,(H,31,32,33);1-7,10,17,25-26H,8-9,11-16,19-20H2,(H,31,32,33). The Morgan fingerprint density at radius 3 is 1.35 bits per heavy atom. The molecule has 2 aromatic heterocycles. The summed E-state index contributed by atoms with van der Waals surface area (Å²) in [6.45, 7) is 13.2. The van der Waals surface area contributed by atoms with Gasteiger partial charge in [0.2, 0.25) is 0 Å². The van der Waals surface area contributed by atoms with Crippen molar-refractivity contribution in [2.45, 2.75) is 50.0 Å². The lowest BCUT2D eigenvalue weighted by molar-refractivity contribution is -0.0660. The van der Waals surface area contributed by atoms with Crippen LogP contribution in [-0.2, 0) is 24.0 Å². The maximum absolute atomic E-state index is 11.7. The molecule has 0 saturated carbocycles. The van der Waals surface area contributed by atoms with Crippen molar-refractivity contribution >= 4 is 44.2 Å². The van der Waals surface area contributed by atoms with Gasteiger partial charge in [-0.15, -0.1) is 0 Å². The number of aromatic nitrogens is 4. The molecule has 6 saturated heterocycles. The molecule has 404 valence electrons. The molecule has 6 aromatic rings. The van der Waals surface area contributed by atoms with Crippen molar-refractivity contribution in [3.63, 3.8) is 0 Å². The molecule has 20 heteroatoms. The summed E-state index contributed by atoms with van der Waals surface area (Å²) < 4.78 is 51.6. The third kappa shape index (κ3) is 13.1. The van der Waals surface area contributed by atoms with Gasteiger partial charge in [-0.25, -0.2) is 28.4 Å². The molecule has 0 atom stereocenters. The number of nitrogens with zero attached hydrogens (tertiary/aromatic N) is 10. The lowest BCUT2D eigenvalue weighted by atomic mass is 10.1. The number of hydrogen-bond donors (Lipinski definition) is 2. The molecule has 0 radical (unpaired) electrons. The molecule has 4 aromatic carbocycles. The Labute approximate surface area is 455 Å². The van der Waals surface area contributed by atoms with Gasteiger partial charge >= 0.3 is 0 Å². The van der Waals surface area contributed by atoms with E-state index in [0.29, 0.717) is 89.6 Å². The summed E-state index contributed by atoms with van der Waals surface area (Å²) in [4.78, 5) is 28.1. The Balaban J connectivity index is 0.000000166. The second kappa shape index (κ2) is 24.5. The zero-order valence-corrected chi connectivity index (χ0v) is 44.4. The van der Waals surface area contributed by atoms with Gasteiger partial charge < -0.3 is 44.1 Å². The first-order chi connectivity index (χ1) is 38.2. The summed E-state index contributed by atoms with van der Waals surface area (Å²) in [6.07, 6.45) is 5.79. The molecule has 6 fully saturated rings. The number of anilines is 6. The van der Waals surface area contributed by atoms with Crippen molar-refractivity contribution in [2.24, 2.45) is 0 Å². The molecular formula is C58H64N12O7S. The number of piperazine rings is 2. The molecule has 0 unspecified atom stereocenters. The van der Waals surface area contributed by atoms with Gasteiger partial charge in [0.1, 0.15) is 47.5 Å². The van der Waals surface area contributed by atoms with Crippen molar-refractivity contribution in [1.82, 2.24) is 29.7 Å². The Bertz CT molecular complexity index is 3190. The molecule has 12 rings (SSSR count). The first-order valence-corrected chi connectivity index (χ1v) is 28.8. The van der Waals surface area contributed by atoms with Gasteiger partial charge in [-0.2, -0.15) is 10.5 Å². The number of hydrogen-bond acceptors (Lipinski definition) is 19. The highest BCUT2D eigenvalue weighted by Crippen LogP contribution is 2.31. The molecule has 8 heterocycles. The lowest BCUT2D eigenvalue weighted by Gasteiger charge is -2.43. The van der Waals surface area contributed by atoms with E-state index in [1.165, 1.54) is 11.4 Å². The average Bonchev–Trinajstić information content (AvgIpc) is 3.46. The third-order valence-corrected chi connectivity index (χ3v) is 16.9. The molecule has 6 aliphatic heterocycles. The SMILES string of the molecule is N#Cc1cc(-c2nccc(Nc3ccc(N4CCN(C5COC5)CC4)cc3)n2)ccc1OC1CCOCC1.N#Cc1cc(-c2nccc(Nc3ccc(N4CCN(C5COC5)CC4)cc3)n2)ccc1OC1CCS(=O)(=O)CC1. The molecular weight excluding hydrogens is 1010 g/mol. The summed E-state index contributed by atoms with van der Waals surface area (Å²) in [6, 6.07) is 36.9. The van der Waals surface area contributed by atoms with Gasteiger partial charge in [0.05, 0.1) is 74.4 Å². The summed E-state index contributed by atoms with van der Waals surface area (Å²) in [5.74, 6) is 3.65. The van der Waals surface area contributed by atoms with Gasteiger partial charge in [-0.1, -0.05) is 0 Å². The van der Waals surface area contributed by atoms with E-state index in [2.05, 4.69) is 106 Å². The first-order valence-electron chi connectivity index (χ1n) is 26.9. The topological polar surface area (TPSA) is 216 Å². The van der Waals surface area contributed by atoms with Crippen LogP contribution in [0.2, 0.25) is 0 Å². The fourth-order valence-corrected chi connectivity index (χ4v) is 11.8. The van der Waals surface area contributed by atoms with Gasteiger partial charge in [-0.3, -0.25) is 9.80 Å². The average molecular weight is 1070 g/mol. The number of nitrogens with one attached hydrogen (secondary N) is 2. The fourth-order valence-electron chi connectivity index (χ4n) is 10.4. The predicted octanol–water partition coefficient (Wildman–Crippen LogP) is 7.07. The lowest BCUT2D eigenvalue weighted by Crippen LogP contribution is -2.56. The number of ether oxygens (including phenoxy) is 5. The maximum Gasteiger partial charge on any atom is 0.161 e. The summed E-state index contributed by atoms with van der Waals surface area (Å²) in [7, 11) is -2.98. The highest BCUT2D eigenvalue weighted by Gasteiger charge is 2.31. The van der Waals surface area contributed by atoms with Crippen LogP contribution in [0.4, 0.5) is 34.4 Å². The van der Waals surface area contributed by atoms with Crippen molar-refractivity contribution in [1.29, 1.82) is 10.5 Å². The van der Waals surface area contributed by atoms with E-state index < -0.39 is 9.84 Å². The fraction of sp³-hybridized carbons (Fsp3) is 0.414. The molecule has 0 bridgehead atoms. The molecule has 0 aliphatic carbocycles. The van der Waals surface area contributed by atoms with Gasteiger partial charge in [-0.05, 0) is 110 Å². The molecule has 0 spiro atoms. The van der Waals surface area contributed by atoms with Crippen LogP contribution in [0.1, 0.15) is 36.8 Å². The van der Waals surface area contributed by atoms with Crippen LogP contribution in [0.5, 0.6) is 11.5 Å². The van der Waals surface area contributed by atoms with Crippen LogP contribution in [0.15, 0.2) is 109 Å². The number of rotatable bonds is 14. The van der Waals surface area contributed by atoms with Gasteiger partial charge in [0.15, 0.2) is 21.5 Å².